The molecule has 0 atom stereocenters. The number of benzene rings is 1. The Morgan fingerprint density at radius 1 is 0.892 bits per heavy atom. The normalized spacial score (nSPS) is 13.4. The summed E-state index contributed by atoms with van der Waals surface area (Å²) in [7, 11) is 0. The third-order valence-corrected chi connectivity index (χ3v) is 4.70. The summed E-state index contributed by atoms with van der Waals surface area (Å²) >= 11 is 0. The van der Waals surface area contributed by atoms with Crippen molar-refractivity contribution in [3.8, 4) is 11.3 Å². The molecule has 3 aromatic rings. The average Bonchev–Trinajstić information content (AvgIpc) is 3.24. The second-order valence-corrected chi connectivity index (χ2v) is 7.40. The fraction of sp³-hybridized carbons (Fsp3) is 0.273. The van der Waals surface area contributed by atoms with Gasteiger partial charge in [0.05, 0.1) is 18.4 Å². The van der Waals surface area contributed by atoms with Crippen LogP contribution in [0.25, 0.3) is 11.3 Å². The SMILES string of the molecule is Fc1ccc(CN2CCn3c(-c4cccnc4)cnc3C2)cc1.O=C(O)C(F)(F)F.O=C(O)C(F)(F)F. The molecule has 0 radical (unpaired) electrons. The minimum Gasteiger partial charge on any atom is -0.475 e. The Bertz CT molecular complexity index is 1160. The first-order chi connectivity index (χ1) is 17.2. The number of fused-ring (bicyclic) bond motifs is 1. The molecule has 15 heteroatoms. The van der Waals surface area contributed by atoms with Gasteiger partial charge in [0.25, 0.3) is 0 Å². The van der Waals surface area contributed by atoms with Crippen LogP contribution >= 0.6 is 0 Å². The Kier molecular flexibility index (Phi) is 9.71. The molecule has 2 aromatic heterocycles. The van der Waals surface area contributed by atoms with Crippen molar-refractivity contribution < 1.29 is 50.5 Å². The van der Waals surface area contributed by atoms with E-state index in [9.17, 15) is 30.7 Å². The largest absolute Gasteiger partial charge is 0.490 e. The van der Waals surface area contributed by atoms with Crippen molar-refractivity contribution in [1.29, 1.82) is 0 Å². The van der Waals surface area contributed by atoms with E-state index in [4.69, 9.17) is 19.8 Å². The number of aromatic nitrogens is 3. The van der Waals surface area contributed by atoms with Crippen molar-refractivity contribution in [3.63, 3.8) is 0 Å². The van der Waals surface area contributed by atoms with Gasteiger partial charge in [-0.1, -0.05) is 12.1 Å². The molecule has 8 nitrogen and oxygen atoms in total. The van der Waals surface area contributed by atoms with Crippen LogP contribution in [0.15, 0.2) is 55.0 Å². The number of halogens is 7. The fourth-order valence-electron chi connectivity index (χ4n) is 3.04. The second-order valence-electron chi connectivity index (χ2n) is 7.40. The maximum atomic E-state index is 13.0. The van der Waals surface area contributed by atoms with Gasteiger partial charge in [0, 0.05) is 37.6 Å². The number of rotatable bonds is 3. The summed E-state index contributed by atoms with van der Waals surface area (Å²) in [6.45, 7) is 3.47. The Balaban J connectivity index is 0.000000286. The van der Waals surface area contributed by atoms with E-state index in [1.165, 1.54) is 12.1 Å². The summed E-state index contributed by atoms with van der Waals surface area (Å²) in [5, 5.41) is 14.2. The maximum Gasteiger partial charge on any atom is 0.490 e. The Hall–Kier alpha value is -4.01. The van der Waals surface area contributed by atoms with Crippen LogP contribution in [0, 0.1) is 5.82 Å². The Labute approximate surface area is 204 Å². The average molecular weight is 536 g/mol. The highest BCUT2D eigenvalue weighted by molar-refractivity contribution is 5.73. The highest BCUT2D eigenvalue weighted by atomic mass is 19.4. The number of carbonyl (C=O) groups is 2. The molecule has 37 heavy (non-hydrogen) atoms. The molecule has 0 bridgehead atoms. The van der Waals surface area contributed by atoms with Crippen molar-refractivity contribution in [2.45, 2.75) is 32.0 Å². The number of alkyl halides is 6. The lowest BCUT2D eigenvalue weighted by Gasteiger charge is -2.28. The molecular formula is C22H19F7N4O4. The zero-order valence-electron chi connectivity index (χ0n) is 18.7. The molecule has 0 amide bonds. The van der Waals surface area contributed by atoms with Crippen LogP contribution in [-0.2, 0) is 29.2 Å². The standard InChI is InChI=1S/C18H17FN4.2C2HF3O2/c19-16-5-3-14(4-6-16)12-22-8-9-23-17(11-21-18(23)13-22)15-2-1-7-20-10-15;2*3-2(4,5)1(6)7/h1-7,10-11H,8-9,12-13H2;2*(H,6,7). The van der Waals surface area contributed by atoms with E-state index in [1.54, 1.807) is 6.20 Å². The van der Waals surface area contributed by atoms with Crippen LogP contribution in [0.3, 0.4) is 0 Å². The molecule has 0 unspecified atom stereocenters. The number of hydrogen-bond acceptors (Lipinski definition) is 5. The van der Waals surface area contributed by atoms with E-state index in [-0.39, 0.29) is 5.82 Å². The summed E-state index contributed by atoms with van der Waals surface area (Å²) in [6, 6.07) is 10.7. The highest BCUT2D eigenvalue weighted by Crippen LogP contribution is 2.24. The van der Waals surface area contributed by atoms with E-state index in [0.717, 1.165) is 48.8 Å². The molecule has 4 rings (SSSR count). The summed E-state index contributed by atoms with van der Waals surface area (Å²) < 4.78 is 78.7. The topological polar surface area (TPSA) is 109 Å². The van der Waals surface area contributed by atoms with Gasteiger partial charge in [-0.15, -0.1) is 0 Å². The van der Waals surface area contributed by atoms with Gasteiger partial charge in [-0.3, -0.25) is 9.88 Å². The Morgan fingerprint density at radius 3 is 1.95 bits per heavy atom. The number of aliphatic carboxylic acids is 2. The number of nitrogens with zero attached hydrogens (tertiary/aromatic N) is 4. The highest BCUT2D eigenvalue weighted by Gasteiger charge is 2.38. The van der Waals surface area contributed by atoms with E-state index in [0.29, 0.717) is 0 Å². The molecule has 0 saturated carbocycles. The molecule has 200 valence electrons. The number of carboxylic acids is 2. The molecule has 0 aliphatic carbocycles. The molecule has 0 saturated heterocycles. The molecule has 1 aliphatic rings. The number of carboxylic acid groups (broad SMARTS) is 2. The maximum absolute atomic E-state index is 13.0. The van der Waals surface area contributed by atoms with E-state index in [2.05, 4.69) is 25.5 Å². The summed E-state index contributed by atoms with van der Waals surface area (Å²) in [5.74, 6) is -4.64. The fourth-order valence-corrected chi connectivity index (χ4v) is 3.04. The van der Waals surface area contributed by atoms with Gasteiger partial charge in [0.2, 0.25) is 0 Å². The monoisotopic (exact) mass is 536 g/mol. The molecule has 0 fully saturated rings. The second kappa shape index (κ2) is 12.3. The summed E-state index contributed by atoms with van der Waals surface area (Å²) in [4.78, 5) is 28.9. The Morgan fingerprint density at radius 2 is 1.46 bits per heavy atom. The van der Waals surface area contributed by atoms with Crippen molar-refractivity contribution in [1.82, 2.24) is 19.4 Å². The number of imidazole rings is 1. The van der Waals surface area contributed by atoms with Crippen molar-refractivity contribution in [2.24, 2.45) is 0 Å². The first-order valence-electron chi connectivity index (χ1n) is 10.2. The van der Waals surface area contributed by atoms with Gasteiger partial charge < -0.3 is 14.8 Å². The van der Waals surface area contributed by atoms with Crippen LogP contribution in [0.5, 0.6) is 0 Å². The zero-order chi connectivity index (χ0) is 27.8. The van der Waals surface area contributed by atoms with Gasteiger partial charge in [0.1, 0.15) is 11.6 Å². The number of pyridine rings is 1. The summed E-state index contributed by atoms with van der Waals surface area (Å²) in [6.07, 6.45) is -4.59. The van der Waals surface area contributed by atoms with E-state index in [1.807, 2.05) is 30.6 Å². The van der Waals surface area contributed by atoms with E-state index < -0.39 is 24.3 Å². The molecule has 1 aliphatic heterocycles. The lowest BCUT2D eigenvalue weighted by molar-refractivity contribution is -0.193. The first-order valence-corrected chi connectivity index (χ1v) is 10.2. The van der Waals surface area contributed by atoms with E-state index >= 15 is 0 Å². The predicted molar refractivity (Wildman–Crippen MR) is 113 cm³/mol. The van der Waals surface area contributed by atoms with Gasteiger partial charge in [0.15, 0.2) is 0 Å². The third-order valence-electron chi connectivity index (χ3n) is 4.70. The minimum atomic E-state index is -5.08. The van der Waals surface area contributed by atoms with Crippen LogP contribution in [0.4, 0.5) is 30.7 Å². The van der Waals surface area contributed by atoms with Gasteiger partial charge >= 0.3 is 24.3 Å². The van der Waals surface area contributed by atoms with Crippen LogP contribution in [0.1, 0.15) is 11.4 Å². The van der Waals surface area contributed by atoms with Gasteiger partial charge in [-0.05, 0) is 29.8 Å². The minimum absolute atomic E-state index is 0.191. The lowest BCUT2D eigenvalue weighted by atomic mass is 10.2. The van der Waals surface area contributed by atoms with Crippen molar-refractivity contribution >= 4 is 11.9 Å². The van der Waals surface area contributed by atoms with Gasteiger partial charge in [-0.2, -0.15) is 26.3 Å². The zero-order valence-corrected chi connectivity index (χ0v) is 18.7. The van der Waals surface area contributed by atoms with Crippen LogP contribution < -0.4 is 0 Å². The third kappa shape index (κ3) is 9.18. The number of hydrogen-bond donors (Lipinski definition) is 2. The molecular weight excluding hydrogens is 517 g/mol. The smallest absolute Gasteiger partial charge is 0.475 e. The van der Waals surface area contributed by atoms with Crippen molar-refractivity contribution in [2.75, 3.05) is 6.54 Å². The summed E-state index contributed by atoms with van der Waals surface area (Å²) in [5.41, 5.74) is 3.34. The lowest BCUT2D eigenvalue weighted by Crippen LogP contribution is -2.33. The predicted octanol–water partition coefficient (Wildman–Crippen LogP) is 4.37. The first kappa shape index (κ1) is 29.2. The molecule has 0 spiro atoms. The van der Waals surface area contributed by atoms with Crippen LogP contribution in [-0.4, -0.2) is 60.5 Å². The quantitative estimate of drug-likeness (QED) is 0.479. The van der Waals surface area contributed by atoms with Gasteiger partial charge in [-0.25, -0.2) is 19.0 Å². The molecule has 3 heterocycles. The molecule has 2 N–H and O–H groups in total. The van der Waals surface area contributed by atoms with Crippen LogP contribution in [0.2, 0.25) is 0 Å². The molecule has 1 aromatic carbocycles. The van der Waals surface area contributed by atoms with Crippen molar-refractivity contribution in [3.05, 3.63) is 72.2 Å².